The fourth-order valence-electron chi connectivity index (χ4n) is 0.811. The van der Waals surface area contributed by atoms with Gasteiger partial charge in [0.25, 0.3) is 0 Å². The Morgan fingerprint density at radius 3 is 1.93 bits per heavy atom. The molecule has 0 fully saturated rings. The smallest absolute Gasteiger partial charge is 0.347 e. The lowest BCUT2D eigenvalue weighted by Crippen LogP contribution is -2.31. The predicted molar refractivity (Wildman–Crippen MR) is 43.8 cm³/mol. The van der Waals surface area contributed by atoms with Crippen molar-refractivity contribution in [1.82, 2.24) is 0 Å². The molecule has 0 aliphatic heterocycles. The van der Waals surface area contributed by atoms with Gasteiger partial charge in [0, 0.05) is 0 Å². The van der Waals surface area contributed by atoms with Crippen LogP contribution in [0.1, 0.15) is 13.3 Å². The molecule has 0 aromatic rings. The average molecular weight is 224 g/mol. The van der Waals surface area contributed by atoms with Gasteiger partial charge in [0.15, 0.2) is 5.78 Å². The number of hydrogen-bond donors (Lipinski definition) is 3. The third-order valence-electron chi connectivity index (χ3n) is 1.30. The van der Waals surface area contributed by atoms with Crippen molar-refractivity contribution in [3.63, 3.8) is 0 Å². The van der Waals surface area contributed by atoms with Gasteiger partial charge < -0.3 is 14.9 Å². The molecular formula is C6H9O7P. The zero-order chi connectivity index (χ0) is 11.5. The summed E-state index contributed by atoms with van der Waals surface area (Å²) in [5, 5.41) is 8.37. The van der Waals surface area contributed by atoms with Crippen molar-refractivity contribution in [1.29, 1.82) is 0 Å². The molecule has 14 heavy (non-hydrogen) atoms. The van der Waals surface area contributed by atoms with E-state index in [9.17, 15) is 18.9 Å². The van der Waals surface area contributed by atoms with Gasteiger partial charge in [0.05, 0.1) is 6.42 Å². The van der Waals surface area contributed by atoms with Crippen LogP contribution in [0.5, 0.6) is 0 Å². The van der Waals surface area contributed by atoms with E-state index in [-0.39, 0.29) is 0 Å². The van der Waals surface area contributed by atoms with Gasteiger partial charge in [0.1, 0.15) is 5.78 Å². The van der Waals surface area contributed by atoms with Crippen LogP contribution in [0.15, 0.2) is 0 Å². The van der Waals surface area contributed by atoms with Crippen LogP contribution in [0.3, 0.4) is 0 Å². The van der Waals surface area contributed by atoms with E-state index in [1.165, 1.54) is 0 Å². The van der Waals surface area contributed by atoms with Gasteiger partial charge in [0.2, 0.25) is 5.66 Å². The monoisotopic (exact) mass is 224 g/mol. The van der Waals surface area contributed by atoms with Gasteiger partial charge in [-0.3, -0.25) is 18.9 Å². The van der Waals surface area contributed by atoms with Crippen LogP contribution in [-0.2, 0) is 18.9 Å². The second-order valence-electron chi connectivity index (χ2n) is 2.67. The summed E-state index contributed by atoms with van der Waals surface area (Å²) in [4.78, 5) is 48.8. The minimum atomic E-state index is -5.05. The molecule has 8 heteroatoms. The Morgan fingerprint density at radius 2 is 1.71 bits per heavy atom. The maximum atomic E-state index is 10.9. The van der Waals surface area contributed by atoms with Gasteiger partial charge in [-0.25, -0.2) is 0 Å². The maximum absolute atomic E-state index is 10.9. The van der Waals surface area contributed by atoms with Crippen LogP contribution in [0.25, 0.3) is 0 Å². The first-order valence-corrected chi connectivity index (χ1v) is 5.14. The molecule has 1 unspecified atom stereocenters. The number of carbonyl (C=O) groups excluding carboxylic acids is 2. The standard InChI is InChI=1S/C6H9O7P/c1-3(7)2-4(8)5(6(9)10)14(11,12)13/h5H,2H2,1H3,(H,9,10)(H2,11,12,13). The number of carboxylic acid groups (broad SMARTS) is 1. The molecule has 0 saturated heterocycles. The fourth-order valence-corrected chi connectivity index (χ4v) is 1.57. The lowest BCUT2D eigenvalue weighted by Gasteiger charge is -2.11. The van der Waals surface area contributed by atoms with Crippen LogP contribution in [0.2, 0.25) is 0 Å². The Hall–Kier alpha value is -1.04. The van der Waals surface area contributed by atoms with Crippen molar-refractivity contribution in [3.8, 4) is 0 Å². The number of carbonyl (C=O) groups is 3. The summed E-state index contributed by atoms with van der Waals surface area (Å²) in [5.41, 5.74) is -2.44. The molecule has 0 spiro atoms. The molecule has 0 saturated carbocycles. The quantitative estimate of drug-likeness (QED) is 0.410. The number of hydrogen-bond acceptors (Lipinski definition) is 4. The molecule has 0 heterocycles. The molecule has 0 amide bonds. The van der Waals surface area contributed by atoms with Crippen molar-refractivity contribution >= 4 is 25.1 Å². The van der Waals surface area contributed by atoms with E-state index in [0.717, 1.165) is 6.92 Å². The summed E-state index contributed by atoms with van der Waals surface area (Å²) < 4.78 is 10.6. The van der Waals surface area contributed by atoms with E-state index in [1.807, 2.05) is 0 Å². The Labute approximate surface area is 78.9 Å². The molecule has 1 atom stereocenters. The van der Waals surface area contributed by atoms with E-state index in [1.54, 1.807) is 0 Å². The number of Topliss-reactive ketones (excluding diaryl/α,β-unsaturated/α-hetero) is 2. The van der Waals surface area contributed by atoms with E-state index in [2.05, 4.69) is 0 Å². The third-order valence-corrected chi connectivity index (χ3v) is 2.48. The molecule has 0 radical (unpaired) electrons. The Balaban J connectivity index is 4.87. The van der Waals surface area contributed by atoms with Gasteiger partial charge in [-0.2, -0.15) is 0 Å². The highest BCUT2D eigenvalue weighted by Crippen LogP contribution is 2.42. The summed E-state index contributed by atoms with van der Waals surface area (Å²) in [5.74, 6) is -3.85. The molecule has 0 aromatic carbocycles. The normalized spacial score (nSPS) is 13.4. The fraction of sp³-hybridized carbons (Fsp3) is 0.500. The first kappa shape index (κ1) is 13.0. The molecule has 0 bridgehead atoms. The van der Waals surface area contributed by atoms with Crippen molar-refractivity contribution in [3.05, 3.63) is 0 Å². The summed E-state index contributed by atoms with van der Waals surface area (Å²) in [6, 6.07) is 0. The highest BCUT2D eigenvalue weighted by atomic mass is 31.2. The van der Waals surface area contributed by atoms with Crippen LogP contribution in [-0.4, -0.2) is 38.1 Å². The van der Waals surface area contributed by atoms with Crippen molar-refractivity contribution in [2.45, 2.75) is 19.0 Å². The molecule has 0 aliphatic rings. The first-order chi connectivity index (χ1) is 6.16. The highest BCUT2D eigenvalue weighted by Gasteiger charge is 2.42. The van der Waals surface area contributed by atoms with E-state index in [0.29, 0.717) is 0 Å². The Kier molecular flexibility index (Phi) is 4.12. The second kappa shape index (κ2) is 4.45. The van der Waals surface area contributed by atoms with Crippen LogP contribution in [0, 0.1) is 0 Å². The van der Waals surface area contributed by atoms with E-state index >= 15 is 0 Å². The SMILES string of the molecule is CC(=O)CC(=O)C(C(=O)O)P(=O)(O)O. The summed E-state index contributed by atoms with van der Waals surface area (Å²) in [6.07, 6.45) is -0.790. The van der Waals surface area contributed by atoms with Crippen LogP contribution < -0.4 is 0 Å². The summed E-state index contributed by atoms with van der Waals surface area (Å²) in [7, 11) is -5.05. The largest absolute Gasteiger partial charge is 0.480 e. The number of carboxylic acids is 1. The van der Waals surface area contributed by atoms with E-state index in [4.69, 9.17) is 14.9 Å². The third kappa shape index (κ3) is 3.78. The van der Waals surface area contributed by atoms with Crippen LogP contribution >= 0.6 is 7.60 Å². The lowest BCUT2D eigenvalue weighted by molar-refractivity contribution is -0.140. The van der Waals surface area contributed by atoms with Crippen molar-refractivity contribution < 1.29 is 33.8 Å². The molecule has 0 rings (SSSR count). The Bertz CT molecular complexity index is 314. The van der Waals surface area contributed by atoms with Gasteiger partial charge >= 0.3 is 13.6 Å². The molecule has 3 N–H and O–H groups in total. The van der Waals surface area contributed by atoms with Crippen LogP contribution in [0.4, 0.5) is 0 Å². The number of aliphatic carboxylic acids is 1. The van der Waals surface area contributed by atoms with Gasteiger partial charge in [-0.05, 0) is 6.92 Å². The molecule has 7 nitrogen and oxygen atoms in total. The predicted octanol–water partition coefficient (Wildman–Crippen LogP) is -0.834. The van der Waals surface area contributed by atoms with Crippen molar-refractivity contribution in [2.24, 2.45) is 0 Å². The van der Waals surface area contributed by atoms with Gasteiger partial charge in [-0.1, -0.05) is 0 Å². The van der Waals surface area contributed by atoms with Gasteiger partial charge in [-0.15, -0.1) is 0 Å². The van der Waals surface area contributed by atoms with Crippen molar-refractivity contribution in [2.75, 3.05) is 0 Å². The molecular weight excluding hydrogens is 215 g/mol. The first-order valence-electron chi connectivity index (χ1n) is 3.46. The minimum absolute atomic E-state index is 0.644. The molecule has 0 aliphatic carbocycles. The topological polar surface area (TPSA) is 129 Å². The summed E-state index contributed by atoms with van der Waals surface area (Å²) >= 11 is 0. The molecule has 0 aromatic heterocycles. The minimum Gasteiger partial charge on any atom is -0.480 e. The highest BCUT2D eigenvalue weighted by molar-refractivity contribution is 7.55. The number of ketones is 2. The molecule has 80 valence electrons. The maximum Gasteiger partial charge on any atom is 0.347 e. The lowest BCUT2D eigenvalue weighted by atomic mass is 10.1. The average Bonchev–Trinajstić information content (AvgIpc) is 1.78. The zero-order valence-corrected chi connectivity index (χ0v) is 8.10. The van der Waals surface area contributed by atoms with E-state index < -0.39 is 37.2 Å². The Morgan fingerprint density at radius 1 is 1.29 bits per heavy atom. The summed E-state index contributed by atoms with van der Waals surface area (Å²) in [6.45, 7) is 1.02. The second-order valence-corrected chi connectivity index (χ2v) is 4.37. The number of rotatable bonds is 5. The zero-order valence-electron chi connectivity index (χ0n) is 7.21.